The molecule has 2 aromatic heterocycles. The largest absolute Gasteiger partial charge is 0.493 e. The minimum Gasteiger partial charge on any atom is -0.493 e. The number of rotatable bonds is 14. The highest BCUT2D eigenvalue weighted by Crippen LogP contribution is 2.41. The maximum absolute atomic E-state index is 13.7. The number of halogens is 2. The second kappa shape index (κ2) is 15.8. The second-order valence-corrected chi connectivity index (χ2v) is 12.0. The lowest BCUT2D eigenvalue weighted by Crippen LogP contribution is -2.17. The lowest BCUT2D eigenvalue weighted by Gasteiger charge is -2.15. The van der Waals surface area contributed by atoms with Crippen LogP contribution in [0.3, 0.4) is 0 Å². The molecule has 0 radical (unpaired) electrons. The lowest BCUT2D eigenvalue weighted by molar-refractivity contribution is 0.0512. The topological polar surface area (TPSA) is 70.3 Å². The number of fused-ring (bicyclic) bond motifs is 2. The van der Waals surface area contributed by atoms with Crippen LogP contribution >= 0.6 is 28.3 Å². The average Bonchev–Trinajstić information content (AvgIpc) is 3.53. The molecule has 5 rings (SSSR count). The Labute approximate surface area is 280 Å². The van der Waals surface area contributed by atoms with E-state index >= 15 is 0 Å². The molecule has 7 nitrogen and oxygen atoms in total. The van der Waals surface area contributed by atoms with Gasteiger partial charge < -0.3 is 19.4 Å². The number of hydrogen-bond donors (Lipinski definition) is 1. The summed E-state index contributed by atoms with van der Waals surface area (Å²) in [6.45, 7) is 8.66. The Morgan fingerprint density at radius 1 is 1.02 bits per heavy atom. The van der Waals surface area contributed by atoms with Crippen LogP contribution in [0.5, 0.6) is 5.75 Å². The summed E-state index contributed by atoms with van der Waals surface area (Å²) < 4.78 is 16.2. The van der Waals surface area contributed by atoms with Gasteiger partial charge in [-0.2, -0.15) is 5.10 Å². The lowest BCUT2D eigenvalue weighted by atomic mass is 9.95. The quantitative estimate of drug-likeness (QED) is 0.0718. The van der Waals surface area contributed by atoms with Crippen LogP contribution in [0.15, 0.2) is 60.7 Å². The Balaban J connectivity index is 0.00000461. The first-order valence-corrected chi connectivity index (χ1v) is 16.7. The van der Waals surface area contributed by atoms with Crippen LogP contribution in [0.2, 0.25) is 0 Å². The van der Waals surface area contributed by atoms with Gasteiger partial charge in [0.1, 0.15) is 11.4 Å². The van der Waals surface area contributed by atoms with Crippen molar-refractivity contribution in [3.8, 4) is 16.9 Å². The van der Waals surface area contributed by atoms with Crippen molar-refractivity contribution in [2.45, 2.75) is 57.8 Å². The average molecular weight is 696 g/mol. The number of carbonyl (C=O) groups excluding carboxylic acids is 1. The third-order valence-electron chi connectivity index (χ3n) is 8.15. The molecule has 45 heavy (non-hydrogen) atoms. The molecule has 0 saturated carbocycles. The zero-order valence-electron chi connectivity index (χ0n) is 26.9. The first-order valence-electron chi connectivity index (χ1n) is 15.6. The van der Waals surface area contributed by atoms with Gasteiger partial charge in [0.05, 0.1) is 24.4 Å². The number of aryl methyl sites for hydroxylation is 3. The molecule has 0 unspecified atom stereocenters. The number of aromatic nitrogens is 3. The van der Waals surface area contributed by atoms with Gasteiger partial charge in [-0.3, -0.25) is 4.68 Å². The summed E-state index contributed by atoms with van der Waals surface area (Å²) in [5.74, 6) is 0.874. The van der Waals surface area contributed by atoms with Crippen molar-refractivity contribution in [2.24, 2.45) is 7.05 Å². The fourth-order valence-corrected chi connectivity index (χ4v) is 6.79. The van der Waals surface area contributed by atoms with Crippen molar-refractivity contribution in [2.75, 3.05) is 26.8 Å². The molecule has 0 atom stereocenters. The van der Waals surface area contributed by atoms with Crippen LogP contribution in [-0.4, -0.2) is 47.1 Å². The molecule has 0 spiro atoms. The first kappa shape index (κ1) is 34.5. The van der Waals surface area contributed by atoms with Gasteiger partial charge in [-0.05, 0) is 62.7 Å². The molecule has 0 aliphatic heterocycles. The van der Waals surface area contributed by atoms with E-state index in [2.05, 4.69) is 76.1 Å². The fraction of sp³-hybridized carbons (Fsp3) is 0.389. The molecule has 0 amide bonds. The number of nitrogens with one attached hydrogen (secondary N) is 1. The van der Waals surface area contributed by atoms with Gasteiger partial charge in [-0.15, -0.1) is 12.4 Å². The molecule has 0 fully saturated rings. The maximum atomic E-state index is 13.7. The summed E-state index contributed by atoms with van der Waals surface area (Å²) in [7, 11) is 3.97. The second-order valence-electron chi connectivity index (χ2n) is 11.4. The van der Waals surface area contributed by atoms with Gasteiger partial charge in [-0.25, -0.2) is 4.79 Å². The third kappa shape index (κ3) is 7.08. The van der Waals surface area contributed by atoms with E-state index in [0.29, 0.717) is 37.2 Å². The van der Waals surface area contributed by atoms with E-state index in [1.807, 2.05) is 50.0 Å². The van der Waals surface area contributed by atoms with E-state index in [0.717, 1.165) is 69.2 Å². The van der Waals surface area contributed by atoms with Crippen LogP contribution in [-0.2, 0) is 30.1 Å². The van der Waals surface area contributed by atoms with Crippen LogP contribution in [0.25, 0.3) is 32.8 Å². The number of carbonyl (C=O) groups is 1. The molecule has 5 aromatic rings. The zero-order chi connectivity index (χ0) is 31.2. The summed E-state index contributed by atoms with van der Waals surface area (Å²) in [6, 6.07) is 20.9. The summed E-state index contributed by atoms with van der Waals surface area (Å²) in [5.41, 5.74) is 7.13. The zero-order valence-corrected chi connectivity index (χ0v) is 29.3. The molecule has 2 heterocycles. The number of hydrogen-bond acceptors (Lipinski definition) is 5. The highest BCUT2D eigenvalue weighted by Gasteiger charge is 2.28. The van der Waals surface area contributed by atoms with Crippen LogP contribution < -0.4 is 10.1 Å². The van der Waals surface area contributed by atoms with Gasteiger partial charge in [0, 0.05) is 46.5 Å². The van der Waals surface area contributed by atoms with Crippen molar-refractivity contribution < 1.29 is 14.3 Å². The first-order chi connectivity index (χ1) is 21.4. The standard InChI is InChI=1S/C36H43BrN4O3.ClH/c1-6-43-36(42)35-28(18-11-22-44-31-19-9-14-25-13-7-8-15-26(25)31)27-16-10-17-29(34(27)41(35)21-12-20-38-4)32-30(23-37)39-40(5)33(32)24(2)3;/h7-10,13-17,19,24,38H,6,11-12,18,20-23H2,1-5H3;1H. The number of ether oxygens (including phenoxy) is 2. The van der Waals surface area contributed by atoms with Gasteiger partial charge >= 0.3 is 5.97 Å². The molecular formula is C36H44BrClN4O3. The van der Waals surface area contributed by atoms with Gasteiger partial charge in [0.25, 0.3) is 0 Å². The van der Waals surface area contributed by atoms with Crippen LogP contribution in [0.4, 0.5) is 0 Å². The van der Waals surface area contributed by atoms with Crippen molar-refractivity contribution in [1.29, 1.82) is 0 Å². The molecule has 0 saturated heterocycles. The molecule has 1 N–H and O–H groups in total. The molecule has 3 aromatic carbocycles. The van der Waals surface area contributed by atoms with E-state index < -0.39 is 0 Å². The smallest absolute Gasteiger partial charge is 0.355 e. The Morgan fingerprint density at radius 2 is 1.76 bits per heavy atom. The Morgan fingerprint density at radius 3 is 2.49 bits per heavy atom. The minimum atomic E-state index is -0.278. The molecule has 0 aliphatic carbocycles. The highest BCUT2D eigenvalue weighted by molar-refractivity contribution is 9.08. The van der Waals surface area contributed by atoms with E-state index in [1.54, 1.807) is 0 Å². The highest BCUT2D eigenvalue weighted by atomic mass is 79.9. The fourth-order valence-electron chi connectivity index (χ4n) is 6.40. The minimum absolute atomic E-state index is 0. The maximum Gasteiger partial charge on any atom is 0.355 e. The molecular weight excluding hydrogens is 652 g/mol. The summed E-state index contributed by atoms with van der Waals surface area (Å²) in [5, 5.41) is 12.1. The predicted octanol–water partition coefficient (Wildman–Crippen LogP) is 8.43. The number of para-hydroxylation sites is 1. The Bertz CT molecular complexity index is 1760. The van der Waals surface area contributed by atoms with Crippen molar-refractivity contribution in [3.05, 3.63) is 83.3 Å². The van der Waals surface area contributed by atoms with Gasteiger partial charge in [0.2, 0.25) is 0 Å². The molecule has 0 aliphatic rings. The van der Waals surface area contributed by atoms with Crippen LogP contribution in [0, 0.1) is 0 Å². The molecule has 0 bridgehead atoms. The summed E-state index contributed by atoms with van der Waals surface area (Å²) >= 11 is 3.70. The number of alkyl halides is 1. The Kier molecular flexibility index (Phi) is 12.1. The van der Waals surface area contributed by atoms with Crippen molar-refractivity contribution in [1.82, 2.24) is 19.7 Å². The van der Waals surface area contributed by atoms with E-state index in [4.69, 9.17) is 14.6 Å². The van der Waals surface area contributed by atoms with E-state index in [1.165, 1.54) is 5.69 Å². The van der Waals surface area contributed by atoms with Crippen LogP contribution in [0.1, 0.15) is 67.0 Å². The predicted molar refractivity (Wildman–Crippen MR) is 190 cm³/mol. The van der Waals surface area contributed by atoms with E-state index in [-0.39, 0.29) is 24.3 Å². The van der Waals surface area contributed by atoms with Crippen molar-refractivity contribution >= 4 is 56.0 Å². The van der Waals surface area contributed by atoms with Gasteiger partial charge in [-0.1, -0.05) is 84.4 Å². The third-order valence-corrected chi connectivity index (χ3v) is 8.68. The Hall–Kier alpha value is -3.33. The monoisotopic (exact) mass is 694 g/mol. The number of benzene rings is 3. The molecule has 9 heteroatoms. The molecule has 240 valence electrons. The summed E-state index contributed by atoms with van der Waals surface area (Å²) in [6.07, 6.45) is 2.32. The normalized spacial score (nSPS) is 11.4. The van der Waals surface area contributed by atoms with Gasteiger partial charge in [0.15, 0.2) is 0 Å². The summed E-state index contributed by atoms with van der Waals surface area (Å²) in [4.78, 5) is 13.7. The van der Waals surface area contributed by atoms with Crippen molar-refractivity contribution in [3.63, 3.8) is 0 Å². The van der Waals surface area contributed by atoms with E-state index in [9.17, 15) is 4.79 Å². The SMILES string of the molecule is CCOC(=O)c1c(CCCOc2cccc3ccccc23)c2cccc(-c3c(CBr)nn(C)c3C(C)C)c2n1CCCNC.Cl. The number of esters is 1. The number of nitrogens with zero attached hydrogens (tertiary/aromatic N) is 3.